The molecule has 0 saturated carbocycles. The number of ether oxygens (including phenoxy) is 1. The molecular weight excluding hydrogens is 384 g/mol. The molecule has 128 valence electrons. The second-order valence-electron chi connectivity index (χ2n) is 5.82. The van der Waals surface area contributed by atoms with Crippen LogP contribution in [0.4, 0.5) is 0 Å². The Kier molecular flexibility index (Phi) is 4.49. The predicted molar refractivity (Wildman–Crippen MR) is 112 cm³/mol. The summed E-state index contributed by atoms with van der Waals surface area (Å²) in [5.74, 6) is -0.389. The molecule has 0 saturated heterocycles. The molecule has 4 rings (SSSR count). The van der Waals surface area contributed by atoms with Crippen LogP contribution in [0.2, 0.25) is 5.02 Å². The first-order valence-electron chi connectivity index (χ1n) is 7.92. The van der Waals surface area contributed by atoms with E-state index in [2.05, 4.69) is 6.07 Å². The second kappa shape index (κ2) is 6.80. The highest BCUT2D eigenvalue weighted by Gasteiger charge is 2.16. The van der Waals surface area contributed by atoms with Gasteiger partial charge < -0.3 is 4.74 Å². The summed E-state index contributed by atoms with van der Waals surface area (Å²) in [5.41, 5.74) is 2.39. The van der Waals surface area contributed by atoms with Gasteiger partial charge in [-0.2, -0.15) is 0 Å². The number of methoxy groups -OCH3 is 1. The second-order valence-corrected chi connectivity index (χ2v) is 7.75. The van der Waals surface area contributed by atoms with Crippen LogP contribution in [-0.2, 0) is 4.74 Å². The fourth-order valence-electron chi connectivity index (χ4n) is 3.01. The molecule has 3 aromatic carbocycles. The van der Waals surface area contributed by atoms with Gasteiger partial charge in [0.25, 0.3) is 0 Å². The minimum Gasteiger partial charge on any atom is -0.465 e. The minimum atomic E-state index is -0.389. The van der Waals surface area contributed by atoms with Crippen LogP contribution in [0.15, 0.2) is 60.7 Å². The predicted octanol–water partition coefficient (Wildman–Crippen LogP) is 6.89. The van der Waals surface area contributed by atoms with Gasteiger partial charge >= 0.3 is 5.97 Å². The summed E-state index contributed by atoms with van der Waals surface area (Å²) in [6.45, 7) is 0. The number of halogens is 1. The normalized spacial score (nSPS) is 11.0. The lowest BCUT2D eigenvalue weighted by Gasteiger charge is -2.11. The summed E-state index contributed by atoms with van der Waals surface area (Å²) in [6.07, 6.45) is 0. The minimum absolute atomic E-state index is 0.389. The summed E-state index contributed by atoms with van der Waals surface area (Å²) in [7, 11) is 1.39. The summed E-state index contributed by atoms with van der Waals surface area (Å²) in [4.78, 5) is 12.5. The number of benzene rings is 3. The van der Waals surface area contributed by atoms with Gasteiger partial charge in [0, 0.05) is 25.2 Å². The van der Waals surface area contributed by atoms with E-state index in [1.165, 1.54) is 7.11 Å². The van der Waals surface area contributed by atoms with E-state index in [0.717, 1.165) is 31.3 Å². The summed E-state index contributed by atoms with van der Waals surface area (Å²) in [5, 5.41) is 2.42. The molecule has 0 aliphatic heterocycles. The molecule has 0 aliphatic carbocycles. The fourth-order valence-corrected chi connectivity index (χ4v) is 4.82. The monoisotopic (exact) mass is 396 g/mol. The summed E-state index contributed by atoms with van der Waals surface area (Å²) >= 11 is 13.3. The van der Waals surface area contributed by atoms with Crippen LogP contribution in [-0.4, -0.2) is 13.1 Å². The Morgan fingerprint density at radius 1 is 1.00 bits per heavy atom. The first kappa shape index (κ1) is 17.2. The van der Waals surface area contributed by atoms with Crippen molar-refractivity contribution in [3.63, 3.8) is 0 Å². The lowest BCUT2D eigenvalue weighted by atomic mass is 10.00. The molecule has 0 unspecified atom stereocenters. The number of hydrogen-bond acceptors (Lipinski definition) is 4. The molecular formula is C21H13ClO2S2. The largest absolute Gasteiger partial charge is 0.465 e. The average molecular weight is 397 g/mol. The maximum absolute atomic E-state index is 12.5. The number of hydrogen-bond donors (Lipinski definition) is 0. The first-order valence-corrected chi connectivity index (χ1v) is 9.52. The van der Waals surface area contributed by atoms with E-state index in [-0.39, 0.29) is 5.97 Å². The van der Waals surface area contributed by atoms with Crippen molar-refractivity contribution < 1.29 is 9.53 Å². The van der Waals surface area contributed by atoms with Crippen molar-refractivity contribution >= 4 is 61.3 Å². The van der Waals surface area contributed by atoms with Crippen molar-refractivity contribution in [3.8, 4) is 11.1 Å². The number of fused-ring (bicyclic) bond motifs is 2. The lowest BCUT2D eigenvalue weighted by molar-refractivity contribution is 0.0603. The van der Waals surface area contributed by atoms with E-state index in [1.807, 2.05) is 54.6 Å². The third-order valence-corrected chi connectivity index (χ3v) is 6.06. The van der Waals surface area contributed by atoms with Crippen LogP contribution in [0, 0.1) is 4.51 Å². The van der Waals surface area contributed by atoms with E-state index in [0.29, 0.717) is 15.1 Å². The average Bonchev–Trinajstić information content (AvgIpc) is 2.67. The molecule has 26 heavy (non-hydrogen) atoms. The van der Waals surface area contributed by atoms with Crippen molar-refractivity contribution in [2.45, 2.75) is 0 Å². The molecule has 0 radical (unpaired) electrons. The Bertz CT molecular complexity index is 1210. The highest BCUT2D eigenvalue weighted by Crippen LogP contribution is 2.36. The molecule has 1 heterocycles. The van der Waals surface area contributed by atoms with Crippen LogP contribution in [0.3, 0.4) is 0 Å². The Morgan fingerprint density at radius 2 is 1.73 bits per heavy atom. The molecule has 5 heteroatoms. The Balaban J connectivity index is 2.11. The maximum Gasteiger partial charge on any atom is 0.338 e. The van der Waals surface area contributed by atoms with E-state index in [1.54, 1.807) is 11.3 Å². The third kappa shape index (κ3) is 2.90. The van der Waals surface area contributed by atoms with Gasteiger partial charge in [-0.25, -0.2) is 4.79 Å². The van der Waals surface area contributed by atoms with Crippen molar-refractivity contribution in [1.82, 2.24) is 0 Å². The summed E-state index contributed by atoms with van der Waals surface area (Å²) < 4.78 is 7.75. The van der Waals surface area contributed by atoms with Crippen molar-refractivity contribution in [2.24, 2.45) is 0 Å². The Hall–Kier alpha value is -2.27. The van der Waals surface area contributed by atoms with E-state index < -0.39 is 0 Å². The Labute approximate surface area is 164 Å². The number of rotatable bonds is 2. The van der Waals surface area contributed by atoms with Gasteiger partial charge in [-0.1, -0.05) is 54.2 Å². The molecule has 2 nitrogen and oxygen atoms in total. The van der Waals surface area contributed by atoms with Gasteiger partial charge in [0.15, 0.2) is 0 Å². The third-order valence-electron chi connectivity index (χ3n) is 4.26. The zero-order valence-electron chi connectivity index (χ0n) is 13.8. The molecule has 0 atom stereocenters. The lowest BCUT2D eigenvalue weighted by Crippen LogP contribution is -2.03. The SMILES string of the molecule is COC(=O)c1cc(-c2ccc(Cl)cc2)cc2sc3ccccc3c(=S)c12. The first-order chi connectivity index (χ1) is 12.6. The number of carbonyl (C=O) groups excluding carboxylic acids is 1. The van der Waals surface area contributed by atoms with Gasteiger partial charge in [-0.05, 0) is 41.5 Å². The van der Waals surface area contributed by atoms with Crippen molar-refractivity contribution in [1.29, 1.82) is 0 Å². The zero-order chi connectivity index (χ0) is 18.3. The zero-order valence-corrected chi connectivity index (χ0v) is 16.2. The highest BCUT2D eigenvalue weighted by molar-refractivity contribution is 7.72. The number of carbonyl (C=O) groups is 1. The van der Waals surface area contributed by atoms with Crippen LogP contribution < -0.4 is 0 Å². The van der Waals surface area contributed by atoms with Gasteiger partial charge in [0.05, 0.1) is 17.2 Å². The van der Waals surface area contributed by atoms with Gasteiger partial charge in [0.1, 0.15) is 0 Å². The molecule has 0 fully saturated rings. The molecule has 0 spiro atoms. The van der Waals surface area contributed by atoms with Crippen LogP contribution in [0.5, 0.6) is 0 Å². The molecule has 0 amide bonds. The smallest absolute Gasteiger partial charge is 0.338 e. The molecule has 0 aliphatic rings. The maximum atomic E-state index is 12.5. The fraction of sp³-hybridized carbons (Fsp3) is 0.0476. The molecule has 0 N–H and O–H groups in total. The van der Waals surface area contributed by atoms with Crippen molar-refractivity contribution in [2.75, 3.05) is 7.11 Å². The van der Waals surface area contributed by atoms with Crippen LogP contribution >= 0.6 is 35.2 Å². The topological polar surface area (TPSA) is 26.3 Å². The standard InChI is InChI=1S/C21H13ClO2S2/c1-24-21(23)16-10-13(12-6-8-14(22)9-7-12)11-18-19(16)20(25)15-4-2-3-5-17(15)26-18/h2-11H,1H3. The summed E-state index contributed by atoms with van der Waals surface area (Å²) in [6, 6.07) is 19.4. The van der Waals surface area contributed by atoms with Crippen LogP contribution in [0.1, 0.15) is 10.4 Å². The highest BCUT2D eigenvalue weighted by atomic mass is 35.5. The van der Waals surface area contributed by atoms with Gasteiger partial charge in [0.2, 0.25) is 0 Å². The van der Waals surface area contributed by atoms with Gasteiger partial charge in [-0.15, -0.1) is 11.3 Å². The van der Waals surface area contributed by atoms with E-state index in [9.17, 15) is 4.79 Å². The number of esters is 1. The van der Waals surface area contributed by atoms with E-state index >= 15 is 0 Å². The Morgan fingerprint density at radius 3 is 2.46 bits per heavy atom. The molecule has 1 aromatic heterocycles. The van der Waals surface area contributed by atoms with E-state index in [4.69, 9.17) is 28.6 Å². The van der Waals surface area contributed by atoms with Gasteiger partial charge in [-0.3, -0.25) is 0 Å². The molecule has 0 bridgehead atoms. The quantitative estimate of drug-likeness (QED) is 0.209. The van der Waals surface area contributed by atoms with Crippen LogP contribution in [0.25, 0.3) is 31.3 Å². The molecule has 4 aromatic rings. The van der Waals surface area contributed by atoms with Crippen molar-refractivity contribution in [3.05, 3.63) is 75.8 Å².